The molecule has 3 N–H and O–H groups in total. The van der Waals surface area contributed by atoms with Crippen LogP contribution in [-0.4, -0.2) is 26.3 Å². The van der Waals surface area contributed by atoms with E-state index in [0.717, 1.165) is 18.4 Å². The van der Waals surface area contributed by atoms with Crippen LogP contribution in [0.3, 0.4) is 0 Å². The predicted octanol–water partition coefficient (Wildman–Crippen LogP) is 2.58. The van der Waals surface area contributed by atoms with Crippen LogP contribution in [0.1, 0.15) is 30.9 Å². The van der Waals surface area contributed by atoms with Gasteiger partial charge in [0.05, 0.1) is 11.3 Å². The molecule has 28 heavy (non-hydrogen) atoms. The van der Waals surface area contributed by atoms with Gasteiger partial charge in [0.25, 0.3) is 10.0 Å². The lowest BCUT2D eigenvalue weighted by Gasteiger charge is -2.12. The molecule has 7 nitrogen and oxygen atoms in total. The van der Waals surface area contributed by atoms with Crippen LogP contribution in [0.25, 0.3) is 0 Å². The summed E-state index contributed by atoms with van der Waals surface area (Å²) < 4.78 is 27.9. The van der Waals surface area contributed by atoms with Crippen LogP contribution in [0.15, 0.2) is 47.4 Å². The van der Waals surface area contributed by atoms with Gasteiger partial charge in [-0.3, -0.25) is 14.3 Å². The van der Waals surface area contributed by atoms with Crippen molar-refractivity contribution in [1.82, 2.24) is 5.32 Å². The van der Waals surface area contributed by atoms with Crippen LogP contribution in [0.4, 0.5) is 11.4 Å². The number of anilines is 2. The van der Waals surface area contributed by atoms with E-state index >= 15 is 0 Å². The fourth-order valence-electron chi connectivity index (χ4n) is 2.82. The van der Waals surface area contributed by atoms with Gasteiger partial charge >= 0.3 is 0 Å². The second-order valence-corrected chi connectivity index (χ2v) is 8.63. The first-order valence-electron chi connectivity index (χ1n) is 9.02. The zero-order chi connectivity index (χ0) is 20.3. The van der Waals surface area contributed by atoms with Gasteiger partial charge in [-0.2, -0.15) is 0 Å². The third-order valence-corrected chi connectivity index (χ3v) is 5.84. The zero-order valence-electron chi connectivity index (χ0n) is 15.8. The van der Waals surface area contributed by atoms with Gasteiger partial charge in [-0.05, 0) is 61.2 Å². The second-order valence-electron chi connectivity index (χ2n) is 6.98. The maximum atomic E-state index is 12.7. The number of carbonyl (C=O) groups is 2. The van der Waals surface area contributed by atoms with E-state index in [2.05, 4.69) is 15.4 Å². The Morgan fingerprint density at radius 3 is 2.25 bits per heavy atom. The highest BCUT2D eigenvalue weighted by atomic mass is 32.2. The summed E-state index contributed by atoms with van der Waals surface area (Å²) in [6.07, 6.45) is 2.35. The van der Waals surface area contributed by atoms with E-state index in [0.29, 0.717) is 23.0 Å². The van der Waals surface area contributed by atoms with E-state index in [1.807, 2.05) is 0 Å². The van der Waals surface area contributed by atoms with Gasteiger partial charge in [-0.25, -0.2) is 8.42 Å². The van der Waals surface area contributed by atoms with Crippen molar-refractivity contribution in [3.05, 3.63) is 53.6 Å². The normalized spacial score (nSPS) is 13.6. The summed E-state index contributed by atoms with van der Waals surface area (Å²) in [7, 11) is -3.77. The molecule has 1 aliphatic carbocycles. The number of sulfonamides is 1. The van der Waals surface area contributed by atoms with Crippen LogP contribution >= 0.6 is 0 Å². The first kappa shape index (κ1) is 19.9. The lowest BCUT2D eigenvalue weighted by molar-refractivity contribution is -0.120. The summed E-state index contributed by atoms with van der Waals surface area (Å²) in [6.45, 7) is 3.06. The molecule has 0 heterocycles. The molecule has 2 amide bonds. The fourth-order valence-corrected chi connectivity index (χ4v) is 4.11. The number of nitrogens with one attached hydrogen (secondary N) is 3. The SMILES string of the molecule is CC(=O)Nc1ccc(S(=O)(=O)Nc2ccc(CC(=O)NC3CC3)cc2)c(C)c1. The van der Waals surface area contributed by atoms with Crippen LogP contribution in [0.5, 0.6) is 0 Å². The Kier molecular flexibility index (Phi) is 5.69. The molecule has 2 aromatic rings. The Labute approximate surface area is 164 Å². The first-order valence-corrected chi connectivity index (χ1v) is 10.5. The summed E-state index contributed by atoms with van der Waals surface area (Å²) in [4.78, 5) is 23.1. The summed E-state index contributed by atoms with van der Waals surface area (Å²) in [5, 5.41) is 5.55. The summed E-state index contributed by atoms with van der Waals surface area (Å²) in [6, 6.07) is 11.7. The highest BCUT2D eigenvalue weighted by molar-refractivity contribution is 7.92. The average Bonchev–Trinajstić information content (AvgIpc) is 3.39. The molecule has 0 radical (unpaired) electrons. The standard InChI is InChI=1S/C20H23N3O4S/c1-13-11-18(21-14(2)24)9-10-19(13)28(26,27)23-17-5-3-15(4-6-17)12-20(25)22-16-7-8-16/h3-6,9-11,16,23H,7-8,12H2,1-2H3,(H,21,24)(H,22,25). The Morgan fingerprint density at radius 2 is 1.68 bits per heavy atom. The Morgan fingerprint density at radius 1 is 1.04 bits per heavy atom. The smallest absolute Gasteiger partial charge is 0.262 e. The molecule has 0 spiro atoms. The molecular formula is C20H23N3O4S. The topological polar surface area (TPSA) is 104 Å². The number of hydrogen-bond acceptors (Lipinski definition) is 4. The van der Waals surface area contributed by atoms with E-state index < -0.39 is 10.0 Å². The molecule has 2 aromatic carbocycles. The quantitative estimate of drug-likeness (QED) is 0.663. The van der Waals surface area contributed by atoms with Crippen LogP contribution in [-0.2, 0) is 26.0 Å². The third-order valence-electron chi connectivity index (χ3n) is 4.30. The summed E-state index contributed by atoms with van der Waals surface area (Å²) in [5.74, 6) is -0.246. The number of hydrogen-bond donors (Lipinski definition) is 3. The van der Waals surface area contributed by atoms with E-state index in [9.17, 15) is 18.0 Å². The largest absolute Gasteiger partial charge is 0.353 e. The highest BCUT2D eigenvalue weighted by Crippen LogP contribution is 2.23. The molecule has 0 atom stereocenters. The van der Waals surface area contributed by atoms with Gasteiger partial charge in [0, 0.05) is 24.3 Å². The monoisotopic (exact) mass is 401 g/mol. The Balaban J connectivity index is 1.68. The number of aryl methyl sites for hydroxylation is 1. The number of amides is 2. The highest BCUT2D eigenvalue weighted by Gasteiger charge is 2.23. The summed E-state index contributed by atoms with van der Waals surface area (Å²) >= 11 is 0. The van der Waals surface area contributed by atoms with Crippen molar-refractivity contribution in [2.24, 2.45) is 0 Å². The van der Waals surface area contributed by atoms with Crippen molar-refractivity contribution in [3.63, 3.8) is 0 Å². The van der Waals surface area contributed by atoms with Crippen molar-refractivity contribution in [3.8, 4) is 0 Å². The van der Waals surface area contributed by atoms with Gasteiger partial charge in [-0.15, -0.1) is 0 Å². The molecule has 1 saturated carbocycles. The molecule has 0 bridgehead atoms. The van der Waals surface area contributed by atoms with Crippen LogP contribution in [0.2, 0.25) is 0 Å². The molecule has 1 fully saturated rings. The number of benzene rings is 2. The minimum absolute atomic E-state index is 0.0225. The maximum Gasteiger partial charge on any atom is 0.262 e. The van der Waals surface area contributed by atoms with Crippen molar-refractivity contribution in [2.45, 2.75) is 44.0 Å². The van der Waals surface area contributed by atoms with E-state index in [1.165, 1.54) is 13.0 Å². The second kappa shape index (κ2) is 8.02. The van der Waals surface area contributed by atoms with Gasteiger partial charge in [-0.1, -0.05) is 12.1 Å². The average molecular weight is 401 g/mol. The van der Waals surface area contributed by atoms with Crippen molar-refractivity contribution in [2.75, 3.05) is 10.0 Å². The summed E-state index contributed by atoms with van der Waals surface area (Å²) in [5.41, 5.74) is 2.29. The number of rotatable bonds is 7. The minimum atomic E-state index is -3.77. The predicted molar refractivity (Wildman–Crippen MR) is 108 cm³/mol. The first-order chi connectivity index (χ1) is 13.2. The molecule has 0 unspecified atom stereocenters. The number of carbonyl (C=O) groups excluding carboxylic acids is 2. The fraction of sp³-hybridized carbons (Fsp3) is 0.300. The minimum Gasteiger partial charge on any atom is -0.353 e. The molecular weight excluding hydrogens is 378 g/mol. The van der Waals surface area contributed by atoms with Crippen LogP contribution in [0, 0.1) is 6.92 Å². The van der Waals surface area contributed by atoms with Gasteiger partial charge < -0.3 is 10.6 Å². The Bertz CT molecular complexity index is 997. The van der Waals surface area contributed by atoms with Gasteiger partial charge in [0.1, 0.15) is 0 Å². The lowest BCUT2D eigenvalue weighted by atomic mass is 10.1. The molecule has 148 valence electrons. The van der Waals surface area contributed by atoms with Crippen molar-refractivity contribution < 1.29 is 18.0 Å². The van der Waals surface area contributed by atoms with E-state index in [-0.39, 0.29) is 23.1 Å². The van der Waals surface area contributed by atoms with Crippen molar-refractivity contribution >= 4 is 33.2 Å². The van der Waals surface area contributed by atoms with Gasteiger partial charge in [0.2, 0.25) is 11.8 Å². The molecule has 3 rings (SSSR count). The van der Waals surface area contributed by atoms with Gasteiger partial charge in [0.15, 0.2) is 0 Å². The Hall–Kier alpha value is -2.87. The lowest BCUT2D eigenvalue weighted by Crippen LogP contribution is -2.26. The van der Waals surface area contributed by atoms with Crippen molar-refractivity contribution in [1.29, 1.82) is 0 Å². The molecule has 8 heteroatoms. The molecule has 0 aliphatic heterocycles. The third kappa shape index (κ3) is 5.32. The van der Waals surface area contributed by atoms with E-state index in [1.54, 1.807) is 43.3 Å². The zero-order valence-corrected chi connectivity index (χ0v) is 16.6. The molecule has 0 saturated heterocycles. The molecule has 0 aromatic heterocycles. The van der Waals surface area contributed by atoms with E-state index in [4.69, 9.17) is 0 Å². The van der Waals surface area contributed by atoms with Crippen LogP contribution < -0.4 is 15.4 Å². The molecule has 1 aliphatic rings. The maximum absolute atomic E-state index is 12.7.